The number of pyridine rings is 1. The van der Waals surface area contributed by atoms with Gasteiger partial charge in [-0.25, -0.2) is 18.2 Å². The quantitative estimate of drug-likeness (QED) is 0.328. The Morgan fingerprint density at radius 1 is 1.00 bits per heavy atom. The Bertz CT molecular complexity index is 1550. The van der Waals surface area contributed by atoms with Crippen LogP contribution < -0.4 is 15.4 Å². The molecule has 2 amide bonds. The van der Waals surface area contributed by atoms with E-state index < -0.39 is 29.3 Å². The number of nitrogens with one attached hydrogen (secondary N) is 2. The number of halogens is 3. The van der Waals surface area contributed by atoms with Gasteiger partial charge in [0.05, 0.1) is 19.3 Å². The van der Waals surface area contributed by atoms with E-state index in [4.69, 9.17) is 13.9 Å². The summed E-state index contributed by atoms with van der Waals surface area (Å²) < 4.78 is 58.2. The highest BCUT2D eigenvalue weighted by Gasteiger charge is 2.24. The zero-order valence-corrected chi connectivity index (χ0v) is 20.5. The minimum Gasteiger partial charge on any atom is -0.454 e. The molecule has 4 aromatic rings. The van der Waals surface area contributed by atoms with E-state index in [1.807, 2.05) is 0 Å². The van der Waals surface area contributed by atoms with Crippen molar-refractivity contribution in [3.63, 3.8) is 0 Å². The van der Waals surface area contributed by atoms with Gasteiger partial charge in [0.25, 0.3) is 11.8 Å². The Labute approximate surface area is 220 Å². The van der Waals surface area contributed by atoms with Crippen molar-refractivity contribution in [1.29, 1.82) is 0 Å². The fourth-order valence-corrected chi connectivity index (χ4v) is 3.66. The van der Waals surface area contributed by atoms with Gasteiger partial charge in [-0.1, -0.05) is 6.92 Å². The molecule has 5 rings (SSSR count). The first-order valence-electron chi connectivity index (χ1n) is 11.9. The van der Waals surface area contributed by atoms with Crippen molar-refractivity contribution >= 4 is 17.5 Å². The molecule has 9 nitrogen and oxygen atoms in total. The smallest absolute Gasteiger partial charge is 0.278 e. The van der Waals surface area contributed by atoms with Crippen LogP contribution in [0.25, 0.3) is 11.3 Å². The Morgan fingerprint density at radius 3 is 2.51 bits per heavy atom. The fourth-order valence-electron chi connectivity index (χ4n) is 3.66. The number of carbonyl (C=O) groups is 2. The first-order valence-corrected chi connectivity index (χ1v) is 11.9. The fraction of sp³-hybridized carbons (Fsp3) is 0.185. The number of ether oxygens (including phenoxy) is 2. The van der Waals surface area contributed by atoms with Crippen molar-refractivity contribution in [3.8, 4) is 22.8 Å². The first kappa shape index (κ1) is 25.9. The number of oxazole rings is 1. The molecule has 0 spiro atoms. The van der Waals surface area contributed by atoms with Crippen LogP contribution in [0.1, 0.15) is 33.8 Å². The largest absolute Gasteiger partial charge is 0.454 e. The van der Waals surface area contributed by atoms with E-state index in [0.717, 1.165) is 18.2 Å². The van der Waals surface area contributed by atoms with E-state index in [9.17, 15) is 22.8 Å². The molecular formula is C27H21F3N4O5. The van der Waals surface area contributed by atoms with Gasteiger partial charge in [0.1, 0.15) is 11.4 Å². The minimum atomic E-state index is -1.11. The first-order chi connectivity index (χ1) is 18.8. The lowest BCUT2D eigenvalue weighted by Gasteiger charge is -2.26. The van der Waals surface area contributed by atoms with Crippen LogP contribution in [-0.4, -0.2) is 41.0 Å². The van der Waals surface area contributed by atoms with Gasteiger partial charge in [-0.05, 0) is 36.4 Å². The molecule has 1 aliphatic rings. The summed E-state index contributed by atoms with van der Waals surface area (Å²) >= 11 is 0. The Kier molecular flexibility index (Phi) is 7.28. The molecule has 1 fully saturated rings. The van der Waals surface area contributed by atoms with Crippen LogP contribution in [0.3, 0.4) is 0 Å². The molecule has 39 heavy (non-hydrogen) atoms. The Morgan fingerprint density at radius 2 is 1.82 bits per heavy atom. The van der Waals surface area contributed by atoms with Crippen LogP contribution >= 0.6 is 0 Å². The second-order valence-corrected chi connectivity index (χ2v) is 8.55. The van der Waals surface area contributed by atoms with E-state index in [-0.39, 0.29) is 51.8 Å². The van der Waals surface area contributed by atoms with Crippen molar-refractivity contribution in [1.82, 2.24) is 15.3 Å². The molecule has 0 saturated carbocycles. The average molecular weight is 538 g/mol. The molecule has 0 radical (unpaired) electrons. The number of benzene rings is 2. The summed E-state index contributed by atoms with van der Waals surface area (Å²) in [6.07, 6.45) is 1.71. The van der Waals surface area contributed by atoms with Gasteiger partial charge in [0.15, 0.2) is 40.5 Å². The van der Waals surface area contributed by atoms with Gasteiger partial charge in [-0.2, -0.15) is 0 Å². The van der Waals surface area contributed by atoms with Crippen molar-refractivity contribution < 1.29 is 36.7 Å². The number of amides is 2. The predicted octanol–water partition coefficient (Wildman–Crippen LogP) is 4.89. The Balaban J connectivity index is 1.31. The third kappa shape index (κ3) is 5.75. The summed E-state index contributed by atoms with van der Waals surface area (Å²) in [5, 5.41) is 5.27. The molecular weight excluding hydrogens is 517 g/mol. The summed E-state index contributed by atoms with van der Waals surface area (Å²) in [6.45, 7) is 2.61. The van der Waals surface area contributed by atoms with Gasteiger partial charge in [-0.15, -0.1) is 0 Å². The van der Waals surface area contributed by atoms with Gasteiger partial charge in [0.2, 0.25) is 0 Å². The number of anilines is 1. The van der Waals surface area contributed by atoms with Gasteiger partial charge < -0.3 is 24.5 Å². The van der Waals surface area contributed by atoms with E-state index in [0.29, 0.717) is 19.6 Å². The highest BCUT2D eigenvalue weighted by atomic mass is 19.2. The number of rotatable bonds is 8. The van der Waals surface area contributed by atoms with Crippen molar-refractivity contribution in [2.24, 2.45) is 0 Å². The van der Waals surface area contributed by atoms with Crippen LogP contribution in [0.5, 0.6) is 11.5 Å². The summed E-state index contributed by atoms with van der Waals surface area (Å²) in [4.78, 5) is 33.4. The lowest BCUT2D eigenvalue weighted by molar-refractivity contribution is -0.00355. The highest BCUT2D eigenvalue weighted by molar-refractivity contribution is 6.06. The molecule has 0 aliphatic carbocycles. The number of hydrogen-bond donors (Lipinski definition) is 2. The average Bonchev–Trinajstić information content (AvgIpc) is 3.34. The van der Waals surface area contributed by atoms with Crippen molar-refractivity contribution in [2.75, 3.05) is 18.5 Å². The maximum Gasteiger partial charge on any atom is 0.278 e. The van der Waals surface area contributed by atoms with E-state index >= 15 is 0 Å². The summed E-state index contributed by atoms with van der Waals surface area (Å²) in [5.41, 5.74) is 0.126. The van der Waals surface area contributed by atoms with Crippen LogP contribution in [-0.2, 0) is 11.2 Å². The number of nitrogens with zero attached hydrogens (tertiary/aromatic N) is 2. The normalized spacial score (nSPS) is 13.0. The monoisotopic (exact) mass is 538 g/mol. The molecule has 3 heterocycles. The van der Waals surface area contributed by atoms with E-state index in [1.165, 1.54) is 36.5 Å². The lowest BCUT2D eigenvalue weighted by Crippen LogP contribution is -2.48. The van der Waals surface area contributed by atoms with Crippen LogP contribution in [0.4, 0.5) is 18.9 Å². The third-order valence-electron chi connectivity index (χ3n) is 5.73. The van der Waals surface area contributed by atoms with Gasteiger partial charge >= 0.3 is 0 Å². The Hall–Kier alpha value is -4.71. The number of aromatic nitrogens is 2. The second kappa shape index (κ2) is 11.0. The third-order valence-corrected chi connectivity index (χ3v) is 5.73. The number of aryl methyl sites for hydroxylation is 1. The predicted molar refractivity (Wildman–Crippen MR) is 132 cm³/mol. The summed E-state index contributed by atoms with van der Waals surface area (Å²) in [5.74, 6) is -3.92. The summed E-state index contributed by atoms with van der Waals surface area (Å²) in [6, 6.07) is 9.57. The molecule has 200 valence electrons. The molecule has 1 saturated heterocycles. The highest BCUT2D eigenvalue weighted by Crippen LogP contribution is 2.30. The van der Waals surface area contributed by atoms with Crippen molar-refractivity contribution in [3.05, 3.63) is 89.5 Å². The van der Waals surface area contributed by atoms with Crippen LogP contribution in [0.2, 0.25) is 0 Å². The molecule has 12 heteroatoms. The topological polar surface area (TPSA) is 116 Å². The second-order valence-electron chi connectivity index (χ2n) is 8.55. The molecule has 2 N–H and O–H groups in total. The standard InChI is InChI=1S/C27H21F3N4O5/c1-2-23-34-24(25(39-23)14-3-5-18(28)19(29)9-14)27(36)32-15-4-6-22(20(30)10-15)38-17-7-8-31-21(11-17)26(35)33-16-12-37-13-16/h3-11,16H,2,12-13H2,1H3,(H,32,36)(H,33,35). The van der Waals surface area contributed by atoms with E-state index in [2.05, 4.69) is 20.6 Å². The number of hydrogen-bond acceptors (Lipinski definition) is 7. The van der Waals surface area contributed by atoms with Gasteiger partial charge in [-0.3, -0.25) is 14.6 Å². The molecule has 0 bridgehead atoms. The number of carbonyl (C=O) groups excluding carboxylic acids is 2. The maximum absolute atomic E-state index is 14.9. The zero-order valence-electron chi connectivity index (χ0n) is 20.5. The molecule has 0 atom stereocenters. The van der Waals surface area contributed by atoms with Crippen LogP contribution in [0, 0.1) is 17.5 Å². The van der Waals surface area contributed by atoms with E-state index in [1.54, 1.807) is 6.92 Å². The molecule has 1 aliphatic heterocycles. The SMILES string of the molecule is CCc1nc(C(=O)Nc2ccc(Oc3ccnc(C(=O)NC4COC4)c3)c(F)c2)c(-c2ccc(F)c(F)c2)o1. The molecule has 2 aromatic heterocycles. The van der Waals surface area contributed by atoms with Crippen molar-refractivity contribution in [2.45, 2.75) is 19.4 Å². The van der Waals surface area contributed by atoms with Gasteiger partial charge in [0, 0.05) is 36.0 Å². The molecule has 0 unspecified atom stereocenters. The molecule has 2 aromatic carbocycles. The summed E-state index contributed by atoms with van der Waals surface area (Å²) in [7, 11) is 0. The lowest BCUT2D eigenvalue weighted by atomic mass is 10.1. The minimum absolute atomic E-state index is 0.0500. The zero-order chi connectivity index (χ0) is 27.5. The van der Waals surface area contributed by atoms with Crippen LogP contribution in [0.15, 0.2) is 59.1 Å². The maximum atomic E-state index is 14.9.